The quantitative estimate of drug-likeness (QED) is 0.167. The third-order valence-electron chi connectivity index (χ3n) is 12.1. The number of hydrogen-bond acceptors (Lipinski definition) is 3. The lowest BCUT2D eigenvalue weighted by atomic mass is 9.92. The third-order valence-corrected chi connectivity index (χ3v) is 13.3. The highest BCUT2D eigenvalue weighted by atomic mass is 32.1. The number of hydrogen-bond donors (Lipinski definition) is 0. The summed E-state index contributed by atoms with van der Waals surface area (Å²) in [5.74, 6) is 0. The predicted molar refractivity (Wildman–Crippen MR) is 248 cm³/mol. The molecule has 3 aromatic heterocycles. The molecule has 0 bridgehead atoms. The van der Waals surface area contributed by atoms with Crippen molar-refractivity contribution in [3.8, 4) is 5.69 Å². The van der Waals surface area contributed by atoms with Crippen LogP contribution in [0.5, 0.6) is 0 Å². The molecular weight excluding hydrogens is 725 g/mol. The van der Waals surface area contributed by atoms with Crippen LogP contribution in [0.15, 0.2) is 199 Å². The Kier molecular flexibility index (Phi) is 6.60. The van der Waals surface area contributed by atoms with E-state index in [0.717, 1.165) is 39.0 Å². The maximum atomic E-state index is 6.40. The molecule has 58 heavy (non-hydrogen) atoms. The number of nitrogens with zero attached hydrogens (tertiary/aromatic N) is 2. The first-order valence-corrected chi connectivity index (χ1v) is 20.6. The van der Waals surface area contributed by atoms with E-state index in [0.29, 0.717) is 0 Å². The zero-order valence-electron chi connectivity index (χ0n) is 31.2. The number of anilines is 3. The normalized spacial score (nSPS) is 12.1. The molecule has 0 fully saturated rings. The van der Waals surface area contributed by atoms with E-state index in [2.05, 4.69) is 198 Å². The van der Waals surface area contributed by atoms with Crippen LogP contribution in [0.25, 0.3) is 102 Å². The Bertz CT molecular complexity index is 3810. The second-order valence-corrected chi connectivity index (χ2v) is 16.3. The van der Waals surface area contributed by atoms with Crippen LogP contribution in [0.4, 0.5) is 17.1 Å². The van der Waals surface area contributed by atoms with Crippen LogP contribution in [0.3, 0.4) is 0 Å². The lowest BCUT2D eigenvalue weighted by Crippen LogP contribution is -2.10. The second kappa shape index (κ2) is 12.1. The van der Waals surface area contributed by atoms with Gasteiger partial charge in [0.05, 0.1) is 21.4 Å². The van der Waals surface area contributed by atoms with Crippen LogP contribution in [0.1, 0.15) is 0 Å². The molecule has 10 aromatic carbocycles. The van der Waals surface area contributed by atoms with Gasteiger partial charge >= 0.3 is 0 Å². The molecule has 0 N–H and O–H groups in total. The molecule has 3 nitrogen and oxygen atoms in total. The van der Waals surface area contributed by atoms with Gasteiger partial charge < -0.3 is 13.9 Å². The van der Waals surface area contributed by atoms with Gasteiger partial charge in [-0.25, -0.2) is 0 Å². The van der Waals surface area contributed by atoms with Gasteiger partial charge in [-0.3, -0.25) is 0 Å². The fourth-order valence-corrected chi connectivity index (χ4v) is 10.8. The standard InChI is InChI=1S/C54H32N2OS/c1-2-13-33(14-3-1)56-48-21-9-6-17-39(48)46-30-35(26-28-49(46)56)55(50-22-12-20-42-41-19-8-11-24-53(41)58-54(42)50)34-25-27-38-43(29-34)36-15-4-5-16-37(36)45-32-52-47(31-44(38)45)40-18-7-10-23-51(40)57-52/h1-32H. The molecule has 0 spiro atoms. The molecule has 0 amide bonds. The molecule has 13 aromatic rings. The lowest BCUT2D eigenvalue weighted by Gasteiger charge is -2.27. The van der Waals surface area contributed by atoms with Crippen molar-refractivity contribution in [1.82, 2.24) is 4.57 Å². The van der Waals surface area contributed by atoms with Gasteiger partial charge in [-0.15, -0.1) is 11.3 Å². The summed E-state index contributed by atoms with van der Waals surface area (Å²) < 4.78 is 11.4. The molecule has 0 aliphatic rings. The van der Waals surface area contributed by atoms with E-state index in [9.17, 15) is 0 Å². The molecule has 0 aliphatic heterocycles. The van der Waals surface area contributed by atoms with E-state index in [1.807, 2.05) is 17.4 Å². The Morgan fingerprint density at radius 2 is 0.966 bits per heavy atom. The van der Waals surface area contributed by atoms with Crippen molar-refractivity contribution in [3.63, 3.8) is 0 Å². The number of furan rings is 1. The summed E-state index contributed by atoms with van der Waals surface area (Å²) in [6.07, 6.45) is 0. The first kappa shape index (κ1) is 31.8. The molecule has 0 aliphatic carbocycles. The van der Waals surface area contributed by atoms with E-state index in [1.54, 1.807) is 0 Å². The van der Waals surface area contributed by atoms with Crippen LogP contribution >= 0.6 is 11.3 Å². The lowest BCUT2D eigenvalue weighted by molar-refractivity contribution is 0.669. The third kappa shape index (κ3) is 4.49. The van der Waals surface area contributed by atoms with Gasteiger partial charge in [0.2, 0.25) is 0 Å². The zero-order chi connectivity index (χ0) is 37.9. The van der Waals surface area contributed by atoms with Crippen LogP contribution in [-0.4, -0.2) is 4.57 Å². The summed E-state index contributed by atoms with van der Waals surface area (Å²) in [5.41, 5.74) is 8.77. The maximum absolute atomic E-state index is 6.40. The topological polar surface area (TPSA) is 21.3 Å². The average molecular weight is 757 g/mol. The van der Waals surface area contributed by atoms with E-state index in [-0.39, 0.29) is 0 Å². The molecular formula is C54H32N2OS. The van der Waals surface area contributed by atoms with Gasteiger partial charge in [0.1, 0.15) is 11.2 Å². The van der Waals surface area contributed by atoms with Crippen molar-refractivity contribution in [2.45, 2.75) is 0 Å². The minimum Gasteiger partial charge on any atom is -0.456 e. The molecule has 13 rings (SSSR count). The molecule has 4 heteroatoms. The molecule has 0 saturated carbocycles. The fourth-order valence-electron chi connectivity index (χ4n) is 9.59. The Morgan fingerprint density at radius 3 is 1.81 bits per heavy atom. The maximum Gasteiger partial charge on any atom is 0.136 e. The van der Waals surface area contributed by atoms with E-state index < -0.39 is 0 Å². The predicted octanol–water partition coefficient (Wildman–Crippen LogP) is 16.0. The van der Waals surface area contributed by atoms with Crippen LogP contribution in [0.2, 0.25) is 0 Å². The Balaban J connectivity index is 1.11. The average Bonchev–Trinajstić information content (AvgIpc) is 3.96. The van der Waals surface area contributed by atoms with E-state index >= 15 is 0 Å². The SMILES string of the molecule is c1ccc(-n2c3ccccc3c3cc(N(c4ccc5c(c4)c4ccccc4c4cc6oc7ccccc7c6cc54)c4cccc5c4sc4ccccc45)ccc32)cc1. The highest BCUT2D eigenvalue weighted by Crippen LogP contribution is 2.48. The number of thiophene rings is 1. The summed E-state index contributed by atoms with van der Waals surface area (Å²) in [7, 11) is 0. The molecule has 0 unspecified atom stereocenters. The number of benzene rings is 10. The summed E-state index contributed by atoms with van der Waals surface area (Å²) in [6.45, 7) is 0. The highest BCUT2D eigenvalue weighted by Gasteiger charge is 2.22. The molecule has 0 atom stereocenters. The van der Waals surface area contributed by atoms with E-state index in [4.69, 9.17) is 4.42 Å². The Labute approximate surface area is 336 Å². The zero-order valence-corrected chi connectivity index (χ0v) is 32.0. The summed E-state index contributed by atoms with van der Waals surface area (Å²) in [5, 5.41) is 14.6. The van der Waals surface area contributed by atoms with Gasteiger partial charge in [-0.05, 0) is 111 Å². The number of aromatic nitrogens is 1. The van der Waals surface area contributed by atoms with Crippen molar-refractivity contribution < 1.29 is 4.42 Å². The van der Waals surface area contributed by atoms with Crippen molar-refractivity contribution in [2.24, 2.45) is 0 Å². The largest absolute Gasteiger partial charge is 0.456 e. The number of fused-ring (bicyclic) bond motifs is 15. The Hall–Kier alpha value is -7.40. The minimum atomic E-state index is 0.915. The van der Waals surface area contributed by atoms with Crippen molar-refractivity contribution in [1.29, 1.82) is 0 Å². The Morgan fingerprint density at radius 1 is 0.362 bits per heavy atom. The second-order valence-electron chi connectivity index (χ2n) is 15.2. The first-order chi connectivity index (χ1) is 28.8. The van der Waals surface area contributed by atoms with Gasteiger partial charge in [0.15, 0.2) is 0 Å². The molecule has 0 saturated heterocycles. The van der Waals surface area contributed by atoms with Gasteiger partial charge in [0, 0.05) is 54.1 Å². The van der Waals surface area contributed by atoms with Crippen molar-refractivity contribution in [3.05, 3.63) is 194 Å². The fraction of sp³-hybridized carbons (Fsp3) is 0. The van der Waals surface area contributed by atoms with Crippen LogP contribution in [0, 0.1) is 0 Å². The monoisotopic (exact) mass is 756 g/mol. The van der Waals surface area contributed by atoms with Gasteiger partial charge in [-0.2, -0.15) is 0 Å². The highest BCUT2D eigenvalue weighted by molar-refractivity contribution is 7.26. The smallest absolute Gasteiger partial charge is 0.136 e. The van der Waals surface area contributed by atoms with Crippen molar-refractivity contribution in [2.75, 3.05) is 4.90 Å². The number of para-hydroxylation sites is 3. The summed E-state index contributed by atoms with van der Waals surface area (Å²) >= 11 is 1.87. The summed E-state index contributed by atoms with van der Waals surface area (Å²) in [6, 6.07) is 70.9. The molecule has 270 valence electrons. The minimum absolute atomic E-state index is 0.915. The van der Waals surface area contributed by atoms with Gasteiger partial charge in [-0.1, -0.05) is 115 Å². The first-order valence-electron chi connectivity index (χ1n) is 19.8. The van der Waals surface area contributed by atoms with E-state index in [1.165, 1.54) is 80.0 Å². The van der Waals surface area contributed by atoms with Crippen LogP contribution < -0.4 is 4.90 Å². The summed E-state index contributed by atoms with van der Waals surface area (Å²) in [4.78, 5) is 2.48. The van der Waals surface area contributed by atoms with Crippen LogP contribution in [-0.2, 0) is 0 Å². The van der Waals surface area contributed by atoms with Crippen molar-refractivity contribution >= 4 is 125 Å². The molecule has 3 heterocycles. The molecule has 0 radical (unpaired) electrons. The number of rotatable bonds is 4. The van der Waals surface area contributed by atoms with Gasteiger partial charge in [0.25, 0.3) is 0 Å².